The molecule has 0 amide bonds. The van der Waals surface area contributed by atoms with Crippen LogP contribution in [0.4, 0.5) is 0 Å². The molecule has 0 spiro atoms. The molecule has 94 valence electrons. The Morgan fingerprint density at radius 2 is 2.00 bits per heavy atom. The number of hydrogen-bond donors (Lipinski definition) is 3. The quantitative estimate of drug-likeness (QED) is 0.407. The van der Waals surface area contributed by atoms with E-state index in [1.165, 1.54) is 6.07 Å². The molecule has 0 atom stereocenters. The second-order valence-electron chi connectivity index (χ2n) is 4.12. The van der Waals surface area contributed by atoms with Crippen LogP contribution in [0, 0.1) is 0 Å². The Bertz CT molecular complexity index is 398. The average molecular weight is 240 g/mol. The van der Waals surface area contributed by atoms with Gasteiger partial charge in [0.1, 0.15) is 0 Å². The van der Waals surface area contributed by atoms with Crippen molar-refractivity contribution in [1.82, 2.24) is 0 Å². The molecule has 17 heavy (non-hydrogen) atoms. The lowest BCUT2D eigenvalue weighted by molar-refractivity contribution is -0.144. The van der Waals surface area contributed by atoms with Crippen molar-refractivity contribution in [2.45, 2.75) is 32.5 Å². The van der Waals surface area contributed by atoms with Gasteiger partial charge >= 0.3 is 0 Å². The number of Topliss-reactive ketones (excluding diaryl/α,β-unsaturated/α-hetero) is 1. The average Bonchev–Trinajstić information content (AvgIpc) is 2.28. The van der Waals surface area contributed by atoms with Gasteiger partial charge in [-0.15, -0.1) is 0 Å². The van der Waals surface area contributed by atoms with Crippen molar-refractivity contribution in [3.05, 3.63) is 29.3 Å². The van der Waals surface area contributed by atoms with Gasteiger partial charge in [0.05, 0.1) is 0 Å². The fourth-order valence-electron chi connectivity index (χ4n) is 1.63. The summed E-state index contributed by atoms with van der Waals surface area (Å²) in [4.78, 5) is 15.4. The highest BCUT2D eigenvalue weighted by atomic mass is 17.1. The molecule has 0 fully saturated rings. The molecule has 1 aromatic rings. The van der Waals surface area contributed by atoms with Gasteiger partial charge in [0.25, 0.3) is 0 Å². The molecular formula is C12H16O5. The zero-order chi connectivity index (χ0) is 13.0. The molecule has 3 N–H and O–H groups in total. The van der Waals surface area contributed by atoms with Crippen LogP contribution < -0.4 is 4.89 Å². The Hall–Kier alpha value is -1.43. The third kappa shape index (κ3) is 3.52. The van der Waals surface area contributed by atoms with Crippen LogP contribution >= 0.6 is 0 Å². The van der Waals surface area contributed by atoms with Gasteiger partial charge in [0, 0.05) is 6.42 Å². The van der Waals surface area contributed by atoms with Crippen LogP contribution in [0.15, 0.2) is 18.2 Å². The van der Waals surface area contributed by atoms with Crippen molar-refractivity contribution >= 4 is 5.78 Å². The van der Waals surface area contributed by atoms with Crippen LogP contribution in [0.25, 0.3) is 0 Å². The van der Waals surface area contributed by atoms with Crippen molar-refractivity contribution in [3.63, 3.8) is 0 Å². The Morgan fingerprint density at radius 3 is 2.47 bits per heavy atom. The van der Waals surface area contributed by atoms with E-state index in [1.54, 1.807) is 12.1 Å². The number of carbonyl (C=O) groups excluding carboxylic acids is 1. The Kier molecular flexibility index (Phi) is 4.62. The van der Waals surface area contributed by atoms with E-state index in [1.807, 2.05) is 13.8 Å². The smallest absolute Gasteiger partial charge is 0.213 e. The van der Waals surface area contributed by atoms with Crippen LogP contribution in [0.2, 0.25) is 0 Å². The van der Waals surface area contributed by atoms with Gasteiger partial charge in [0.2, 0.25) is 6.29 Å². The lowest BCUT2D eigenvalue weighted by Crippen LogP contribution is -2.22. The largest absolute Gasteiger partial charge is 0.362 e. The zero-order valence-corrected chi connectivity index (χ0v) is 9.75. The van der Waals surface area contributed by atoms with Crippen molar-refractivity contribution in [1.29, 1.82) is 0 Å². The molecule has 0 aromatic heterocycles. The molecule has 5 heteroatoms. The summed E-state index contributed by atoms with van der Waals surface area (Å²) in [6, 6.07) is 4.83. The molecule has 0 saturated carbocycles. The lowest BCUT2D eigenvalue weighted by Gasteiger charge is -2.13. The first kappa shape index (κ1) is 13.6. The van der Waals surface area contributed by atoms with Crippen molar-refractivity contribution in [3.8, 4) is 5.75 Å². The van der Waals surface area contributed by atoms with Gasteiger partial charge in [-0.2, -0.15) is 0 Å². The number of carbonyl (C=O) groups is 1. The lowest BCUT2D eigenvalue weighted by atomic mass is 9.94. The molecule has 0 radical (unpaired) electrons. The number of aliphatic hydroxyl groups excluding tert-OH is 1. The zero-order valence-electron chi connectivity index (χ0n) is 9.75. The summed E-state index contributed by atoms with van der Waals surface area (Å²) in [5.41, 5.74) is 1.52. The first-order chi connectivity index (χ1) is 7.95. The van der Waals surface area contributed by atoms with Crippen molar-refractivity contribution in [2.24, 2.45) is 0 Å². The second-order valence-corrected chi connectivity index (χ2v) is 4.12. The molecule has 0 aliphatic heterocycles. The standard InChI is InChI=1S/C12H16O5/c1-7(2)10-4-3-9(17-16)5-8(10)6-11(13)12(14)15/h3-5,7,12,14-16H,6H2,1-2H3. The fourth-order valence-corrected chi connectivity index (χ4v) is 1.63. The Morgan fingerprint density at radius 1 is 1.35 bits per heavy atom. The van der Waals surface area contributed by atoms with Gasteiger partial charge in [-0.3, -0.25) is 4.79 Å². The minimum atomic E-state index is -1.98. The van der Waals surface area contributed by atoms with Crippen molar-refractivity contribution in [2.75, 3.05) is 0 Å². The first-order valence-electron chi connectivity index (χ1n) is 5.28. The Balaban J connectivity index is 3.05. The molecule has 0 aliphatic carbocycles. The number of aliphatic hydroxyl groups is 2. The number of hydrogen-bond acceptors (Lipinski definition) is 5. The second kappa shape index (κ2) is 5.77. The van der Waals surface area contributed by atoms with Gasteiger partial charge < -0.3 is 15.1 Å². The summed E-state index contributed by atoms with van der Waals surface area (Å²) < 4.78 is 0. The first-order valence-corrected chi connectivity index (χ1v) is 5.28. The van der Waals surface area contributed by atoms with Gasteiger partial charge in [-0.1, -0.05) is 19.9 Å². The molecule has 0 heterocycles. The van der Waals surface area contributed by atoms with Gasteiger partial charge in [-0.05, 0) is 29.2 Å². The Labute approximate surface area is 99.2 Å². The maximum atomic E-state index is 11.3. The van der Waals surface area contributed by atoms with E-state index >= 15 is 0 Å². The molecule has 0 saturated heterocycles. The molecule has 5 nitrogen and oxygen atoms in total. The summed E-state index contributed by atoms with van der Waals surface area (Å²) in [6.45, 7) is 3.91. The third-order valence-electron chi connectivity index (χ3n) is 2.49. The summed E-state index contributed by atoms with van der Waals surface area (Å²) in [7, 11) is 0. The predicted octanol–water partition coefficient (Wildman–Crippen LogP) is 1.08. The van der Waals surface area contributed by atoms with Crippen molar-refractivity contribution < 1.29 is 25.2 Å². The molecule has 1 aromatic carbocycles. The van der Waals surface area contributed by atoms with E-state index in [0.717, 1.165) is 5.56 Å². The highest BCUT2D eigenvalue weighted by Crippen LogP contribution is 2.24. The van der Waals surface area contributed by atoms with Crippen LogP contribution in [-0.2, 0) is 11.2 Å². The van der Waals surface area contributed by atoms with E-state index in [2.05, 4.69) is 4.89 Å². The number of benzene rings is 1. The van der Waals surface area contributed by atoms with Crippen LogP contribution in [-0.4, -0.2) is 27.5 Å². The van der Waals surface area contributed by atoms with Crippen LogP contribution in [0.3, 0.4) is 0 Å². The van der Waals surface area contributed by atoms with Crippen LogP contribution in [0.5, 0.6) is 5.75 Å². The van der Waals surface area contributed by atoms with E-state index < -0.39 is 12.1 Å². The monoisotopic (exact) mass is 240 g/mol. The molecule has 0 aliphatic rings. The van der Waals surface area contributed by atoms with E-state index in [9.17, 15) is 4.79 Å². The normalized spacial score (nSPS) is 11.0. The summed E-state index contributed by atoms with van der Waals surface area (Å²) in [6.07, 6.45) is -2.09. The van der Waals surface area contributed by atoms with Gasteiger partial charge in [-0.25, -0.2) is 5.26 Å². The summed E-state index contributed by atoms with van der Waals surface area (Å²) in [5.74, 6) is -0.298. The molecule has 1 rings (SSSR count). The summed E-state index contributed by atoms with van der Waals surface area (Å²) >= 11 is 0. The van der Waals surface area contributed by atoms with E-state index in [0.29, 0.717) is 5.56 Å². The third-order valence-corrected chi connectivity index (χ3v) is 2.49. The summed E-state index contributed by atoms with van der Waals surface area (Å²) in [5, 5.41) is 26.1. The minimum absolute atomic E-state index is 0.109. The topological polar surface area (TPSA) is 87.0 Å². The maximum absolute atomic E-state index is 11.3. The number of ketones is 1. The number of rotatable bonds is 5. The predicted molar refractivity (Wildman–Crippen MR) is 60.7 cm³/mol. The van der Waals surface area contributed by atoms with Gasteiger partial charge in [0.15, 0.2) is 11.5 Å². The fraction of sp³-hybridized carbons (Fsp3) is 0.417. The highest BCUT2D eigenvalue weighted by molar-refractivity contribution is 5.84. The highest BCUT2D eigenvalue weighted by Gasteiger charge is 2.16. The SMILES string of the molecule is CC(C)c1ccc(OO)cc1CC(=O)C(O)O. The molecule has 0 bridgehead atoms. The van der Waals surface area contributed by atoms with E-state index in [-0.39, 0.29) is 18.1 Å². The minimum Gasteiger partial charge on any atom is -0.362 e. The maximum Gasteiger partial charge on any atom is 0.213 e. The van der Waals surface area contributed by atoms with E-state index in [4.69, 9.17) is 15.5 Å². The molecule has 0 unspecified atom stereocenters. The molecular weight excluding hydrogens is 224 g/mol. The van der Waals surface area contributed by atoms with Crippen LogP contribution in [0.1, 0.15) is 30.9 Å².